The number of carbonyl (C=O) groups is 1. The number of hydrogen-bond donors (Lipinski definition) is 2. The van der Waals surface area contributed by atoms with Gasteiger partial charge in [0.1, 0.15) is 6.10 Å². The lowest BCUT2D eigenvalue weighted by molar-refractivity contribution is -0.137. The highest BCUT2D eigenvalue weighted by Crippen LogP contribution is 2.39. The third-order valence-electron chi connectivity index (χ3n) is 3.95. The molecule has 1 aliphatic carbocycles. The fraction of sp³-hybridized carbons (Fsp3) is 0.667. The second kappa shape index (κ2) is 6.35. The molecule has 1 fully saturated rings. The summed E-state index contributed by atoms with van der Waals surface area (Å²) < 4.78 is 5.69. The lowest BCUT2D eigenvalue weighted by Gasteiger charge is -2.17. The number of aliphatic carboxylic acids is 1. The van der Waals surface area contributed by atoms with Gasteiger partial charge in [-0.15, -0.1) is 0 Å². The van der Waals surface area contributed by atoms with E-state index >= 15 is 0 Å². The molecule has 1 aliphatic heterocycles. The largest absolute Gasteiger partial charge is 0.481 e. The minimum Gasteiger partial charge on any atom is -0.481 e. The molecule has 0 saturated carbocycles. The average Bonchev–Trinajstić information content (AvgIpc) is 3.18. The Morgan fingerprint density at radius 3 is 3.00 bits per heavy atom. The van der Waals surface area contributed by atoms with Gasteiger partial charge in [-0.25, -0.2) is 0 Å². The molecule has 2 aliphatic rings. The molecule has 1 heterocycles. The van der Waals surface area contributed by atoms with E-state index in [0.29, 0.717) is 12.8 Å². The predicted molar refractivity (Wildman–Crippen MR) is 71.8 cm³/mol. The van der Waals surface area contributed by atoms with Crippen molar-refractivity contribution >= 4 is 5.97 Å². The van der Waals surface area contributed by atoms with Crippen LogP contribution in [0, 0.1) is 5.92 Å². The molecule has 2 rings (SSSR count). The van der Waals surface area contributed by atoms with E-state index in [-0.39, 0.29) is 24.5 Å². The Bertz CT molecular complexity index is 386. The normalized spacial score (nSPS) is 28.6. The molecular formula is C15H22O4. The summed E-state index contributed by atoms with van der Waals surface area (Å²) in [5.41, 5.74) is 1.32. The molecule has 0 aromatic rings. The topological polar surface area (TPSA) is 70.1 Å². The first-order valence-electron chi connectivity index (χ1n) is 7.00. The maximum Gasteiger partial charge on any atom is 0.303 e. The van der Waals surface area contributed by atoms with Crippen molar-refractivity contribution in [1.82, 2.24) is 0 Å². The number of allylic oxidation sites excluding steroid dienone is 3. The second-order valence-corrected chi connectivity index (χ2v) is 5.44. The summed E-state index contributed by atoms with van der Waals surface area (Å²) in [6.45, 7) is 1.98. The Labute approximate surface area is 113 Å². The minimum atomic E-state index is -0.806. The van der Waals surface area contributed by atoms with Crippen molar-refractivity contribution < 1.29 is 19.7 Å². The molecule has 1 saturated heterocycles. The number of aliphatic hydroxyl groups is 1. The molecular weight excluding hydrogens is 244 g/mol. The average molecular weight is 266 g/mol. The van der Waals surface area contributed by atoms with Crippen molar-refractivity contribution in [1.29, 1.82) is 0 Å². The van der Waals surface area contributed by atoms with Crippen molar-refractivity contribution in [2.75, 3.05) is 0 Å². The van der Waals surface area contributed by atoms with Gasteiger partial charge in [-0.1, -0.05) is 25.2 Å². The van der Waals surface area contributed by atoms with Crippen molar-refractivity contribution in [3.63, 3.8) is 0 Å². The van der Waals surface area contributed by atoms with Crippen LogP contribution in [0.15, 0.2) is 23.8 Å². The fourth-order valence-electron chi connectivity index (χ4n) is 2.62. The van der Waals surface area contributed by atoms with Crippen LogP contribution in [0.1, 0.15) is 39.0 Å². The van der Waals surface area contributed by atoms with Gasteiger partial charge in [0.2, 0.25) is 0 Å². The molecule has 4 nitrogen and oxygen atoms in total. The third-order valence-corrected chi connectivity index (χ3v) is 3.95. The van der Waals surface area contributed by atoms with Gasteiger partial charge in [0.25, 0.3) is 0 Å². The summed E-state index contributed by atoms with van der Waals surface area (Å²) in [7, 11) is 0. The van der Waals surface area contributed by atoms with Gasteiger partial charge < -0.3 is 14.9 Å². The Hall–Kier alpha value is -1.13. The van der Waals surface area contributed by atoms with E-state index in [1.165, 1.54) is 5.57 Å². The third kappa shape index (κ3) is 3.91. The molecule has 2 N–H and O–H groups in total. The Kier molecular flexibility index (Phi) is 4.77. The fourth-order valence-corrected chi connectivity index (χ4v) is 2.62. The zero-order valence-electron chi connectivity index (χ0n) is 11.3. The summed E-state index contributed by atoms with van der Waals surface area (Å²) in [4.78, 5) is 10.4. The van der Waals surface area contributed by atoms with Crippen molar-refractivity contribution in [2.24, 2.45) is 5.92 Å². The van der Waals surface area contributed by atoms with Crippen molar-refractivity contribution in [3.05, 3.63) is 23.8 Å². The SMILES string of the molecule is CC(C(O)CCCC(=O)O)C1OC1C1=CC=CCC1. The van der Waals surface area contributed by atoms with Gasteiger partial charge in [0.15, 0.2) is 0 Å². The Balaban J connectivity index is 1.75. The van der Waals surface area contributed by atoms with Gasteiger partial charge in [0, 0.05) is 12.3 Å². The van der Waals surface area contributed by atoms with Crippen LogP contribution < -0.4 is 0 Å². The highest BCUT2D eigenvalue weighted by Gasteiger charge is 2.46. The van der Waals surface area contributed by atoms with E-state index in [1.54, 1.807) is 0 Å². The van der Waals surface area contributed by atoms with Crippen LogP contribution >= 0.6 is 0 Å². The van der Waals surface area contributed by atoms with Gasteiger partial charge in [-0.05, 0) is 31.3 Å². The van der Waals surface area contributed by atoms with Crippen LogP contribution in [-0.4, -0.2) is 34.5 Å². The van der Waals surface area contributed by atoms with E-state index in [2.05, 4.69) is 18.2 Å². The van der Waals surface area contributed by atoms with E-state index in [0.717, 1.165) is 12.8 Å². The van der Waals surface area contributed by atoms with Gasteiger partial charge in [-0.3, -0.25) is 4.79 Å². The summed E-state index contributed by atoms with van der Waals surface area (Å²) in [5, 5.41) is 18.6. The highest BCUT2D eigenvalue weighted by atomic mass is 16.6. The summed E-state index contributed by atoms with van der Waals surface area (Å²) >= 11 is 0. The summed E-state index contributed by atoms with van der Waals surface area (Å²) in [5.74, 6) is -0.745. The van der Waals surface area contributed by atoms with E-state index in [9.17, 15) is 9.90 Å². The van der Waals surface area contributed by atoms with Gasteiger partial charge in [0.05, 0.1) is 12.2 Å². The highest BCUT2D eigenvalue weighted by molar-refractivity contribution is 5.66. The first kappa shape index (κ1) is 14.3. The van der Waals surface area contributed by atoms with Crippen LogP contribution in [0.25, 0.3) is 0 Å². The lowest BCUT2D eigenvalue weighted by Crippen LogP contribution is -2.24. The molecule has 19 heavy (non-hydrogen) atoms. The van der Waals surface area contributed by atoms with E-state index in [4.69, 9.17) is 9.84 Å². The van der Waals surface area contributed by atoms with Gasteiger partial charge >= 0.3 is 5.97 Å². The molecule has 4 unspecified atom stereocenters. The summed E-state index contributed by atoms with van der Waals surface area (Å²) in [6, 6.07) is 0. The first-order chi connectivity index (χ1) is 9.09. The molecule has 0 aromatic heterocycles. The van der Waals surface area contributed by atoms with Gasteiger partial charge in [-0.2, -0.15) is 0 Å². The summed E-state index contributed by atoms with van der Waals surface area (Å²) in [6.07, 6.45) is 9.36. The number of rotatable bonds is 7. The Morgan fingerprint density at radius 1 is 1.58 bits per heavy atom. The number of carboxylic acids is 1. The van der Waals surface area contributed by atoms with Crippen LogP contribution in [0.3, 0.4) is 0 Å². The molecule has 0 aromatic carbocycles. The molecule has 106 valence electrons. The molecule has 0 bridgehead atoms. The molecule has 4 atom stereocenters. The number of epoxide rings is 1. The quantitative estimate of drug-likeness (QED) is 0.694. The van der Waals surface area contributed by atoms with Crippen LogP contribution in [0.2, 0.25) is 0 Å². The maximum atomic E-state index is 10.4. The molecule has 4 heteroatoms. The first-order valence-corrected chi connectivity index (χ1v) is 7.00. The number of ether oxygens (including phenoxy) is 1. The smallest absolute Gasteiger partial charge is 0.303 e. The zero-order chi connectivity index (χ0) is 13.8. The van der Waals surface area contributed by atoms with E-state index < -0.39 is 12.1 Å². The van der Waals surface area contributed by atoms with Crippen molar-refractivity contribution in [3.8, 4) is 0 Å². The predicted octanol–water partition coefficient (Wildman–Crippen LogP) is 2.28. The molecule has 0 spiro atoms. The van der Waals surface area contributed by atoms with E-state index in [1.807, 2.05) is 6.92 Å². The maximum absolute atomic E-state index is 10.4. The van der Waals surface area contributed by atoms with Crippen molar-refractivity contribution in [2.45, 2.75) is 57.3 Å². The molecule has 0 amide bonds. The number of aliphatic hydroxyl groups excluding tert-OH is 1. The second-order valence-electron chi connectivity index (χ2n) is 5.44. The van der Waals surface area contributed by atoms with Crippen LogP contribution in [0.5, 0.6) is 0 Å². The number of carboxylic acid groups (broad SMARTS) is 1. The standard InChI is InChI=1S/C15H22O4/c1-10(12(16)8-5-9-13(17)18)14-15(19-14)11-6-3-2-4-7-11/h2-3,6,10,12,14-16H,4-5,7-9H2,1H3,(H,17,18). The monoisotopic (exact) mass is 266 g/mol. The Morgan fingerprint density at radius 2 is 2.37 bits per heavy atom. The van der Waals surface area contributed by atoms with Crippen LogP contribution in [0.4, 0.5) is 0 Å². The minimum absolute atomic E-state index is 0.0607. The zero-order valence-corrected chi connectivity index (χ0v) is 11.3. The lowest BCUT2D eigenvalue weighted by atomic mass is 9.91. The van der Waals surface area contributed by atoms with Crippen LogP contribution in [-0.2, 0) is 9.53 Å². The molecule has 0 radical (unpaired) electrons. The number of hydrogen-bond acceptors (Lipinski definition) is 3.